The Hall–Kier alpha value is -2.05. The molecule has 3 rings (SSSR count). The molecule has 1 N–H and O–H groups in total. The number of aromatic nitrogens is 3. The summed E-state index contributed by atoms with van der Waals surface area (Å²) in [6, 6.07) is 3.37. The molecule has 0 fully saturated rings. The Bertz CT molecular complexity index is 646. The van der Waals surface area contributed by atoms with Gasteiger partial charge in [-0.15, -0.1) is 0 Å². The summed E-state index contributed by atoms with van der Waals surface area (Å²) < 4.78 is 0. The largest absolute Gasteiger partial charge is 0.310 e. The van der Waals surface area contributed by atoms with Crippen molar-refractivity contribution in [3.63, 3.8) is 0 Å². The van der Waals surface area contributed by atoms with E-state index in [1.807, 2.05) is 6.20 Å². The maximum atomic E-state index is 12.0. The fourth-order valence-corrected chi connectivity index (χ4v) is 2.39. The van der Waals surface area contributed by atoms with E-state index in [1.54, 1.807) is 18.5 Å². The lowest BCUT2D eigenvalue weighted by molar-refractivity contribution is -0.117. The number of carbonyl (C=O) groups is 1. The zero-order valence-corrected chi connectivity index (χ0v) is 12.0. The van der Waals surface area contributed by atoms with Crippen LogP contribution in [-0.4, -0.2) is 38.8 Å². The number of hydrogen-bond acceptors (Lipinski definition) is 5. The van der Waals surface area contributed by atoms with Crippen LogP contribution >= 0.6 is 11.6 Å². The molecule has 0 aliphatic carbocycles. The number of pyridine rings is 1. The van der Waals surface area contributed by atoms with E-state index in [0.29, 0.717) is 23.9 Å². The van der Waals surface area contributed by atoms with Gasteiger partial charge in [-0.2, -0.15) is 0 Å². The molecule has 0 unspecified atom stereocenters. The second-order valence-electron chi connectivity index (χ2n) is 4.87. The fraction of sp³-hybridized carbons (Fsp3) is 0.286. The van der Waals surface area contributed by atoms with Gasteiger partial charge < -0.3 is 5.32 Å². The normalized spacial score (nSPS) is 14.5. The molecule has 0 saturated carbocycles. The molecule has 0 radical (unpaired) electrons. The molecule has 0 atom stereocenters. The van der Waals surface area contributed by atoms with Crippen LogP contribution in [0.15, 0.2) is 30.9 Å². The molecule has 7 heteroatoms. The van der Waals surface area contributed by atoms with Crippen LogP contribution < -0.4 is 5.32 Å². The van der Waals surface area contributed by atoms with Gasteiger partial charge in [-0.05, 0) is 24.1 Å². The fourth-order valence-electron chi connectivity index (χ4n) is 2.27. The topological polar surface area (TPSA) is 71.0 Å². The van der Waals surface area contributed by atoms with Crippen LogP contribution in [0.5, 0.6) is 0 Å². The van der Waals surface area contributed by atoms with Crippen molar-refractivity contribution in [3.8, 4) is 0 Å². The third-order valence-corrected chi connectivity index (χ3v) is 3.54. The van der Waals surface area contributed by atoms with Crippen molar-refractivity contribution < 1.29 is 4.79 Å². The molecular weight excluding hydrogens is 290 g/mol. The van der Waals surface area contributed by atoms with E-state index in [9.17, 15) is 4.79 Å². The third kappa shape index (κ3) is 3.53. The maximum Gasteiger partial charge on any atom is 0.239 e. The molecule has 1 aliphatic heterocycles. The molecule has 0 spiro atoms. The number of rotatable bonds is 3. The SMILES string of the molecule is O=C(CN1CCc2cncnc2C1)Nc1ccc(Cl)cn1. The molecule has 108 valence electrons. The van der Waals surface area contributed by atoms with Crippen molar-refractivity contribution in [1.82, 2.24) is 19.9 Å². The Balaban J connectivity index is 1.57. The highest BCUT2D eigenvalue weighted by molar-refractivity contribution is 6.30. The van der Waals surface area contributed by atoms with E-state index < -0.39 is 0 Å². The molecule has 2 aromatic rings. The first-order valence-corrected chi connectivity index (χ1v) is 7.00. The summed E-state index contributed by atoms with van der Waals surface area (Å²) in [5, 5.41) is 3.30. The summed E-state index contributed by atoms with van der Waals surface area (Å²) in [7, 11) is 0. The van der Waals surface area contributed by atoms with Crippen LogP contribution in [0.2, 0.25) is 5.02 Å². The summed E-state index contributed by atoms with van der Waals surface area (Å²) >= 11 is 5.76. The molecular formula is C14H14ClN5O. The summed E-state index contributed by atoms with van der Waals surface area (Å²) in [6.07, 6.45) is 5.76. The molecule has 0 aromatic carbocycles. The van der Waals surface area contributed by atoms with Crippen molar-refractivity contribution >= 4 is 23.3 Å². The Kier molecular flexibility index (Phi) is 4.08. The number of anilines is 1. The molecule has 3 heterocycles. The molecule has 1 amide bonds. The predicted octanol–water partition coefficient (Wildman–Crippen LogP) is 1.52. The summed E-state index contributed by atoms with van der Waals surface area (Å²) in [4.78, 5) is 26.4. The minimum Gasteiger partial charge on any atom is -0.310 e. The predicted molar refractivity (Wildman–Crippen MR) is 78.9 cm³/mol. The van der Waals surface area contributed by atoms with Crippen molar-refractivity contribution in [2.45, 2.75) is 13.0 Å². The van der Waals surface area contributed by atoms with Crippen LogP contribution in [0.25, 0.3) is 0 Å². The molecule has 0 bridgehead atoms. The van der Waals surface area contributed by atoms with Crippen molar-refractivity contribution in [3.05, 3.63) is 47.1 Å². The van der Waals surface area contributed by atoms with Gasteiger partial charge in [0, 0.05) is 25.5 Å². The third-order valence-electron chi connectivity index (χ3n) is 3.31. The highest BCUT2D eigenvalue weighted by Gasteiger charge is 2.19. The van der Waals surface area contributed by atoms with Gasteiger partial charge in [0.05, 0.1) is 17.3 Å². The number of nitrogens with zero attached hydrogens (tertiary/aromatic N) is 4. The lowest BCUT2D eigenvalue weighted by atomic mass is 10.1. The highest BCUT2D eigenvalue weighted by atomic mass is 35.5. The molecule has 0 saturated heterocycles. The standard InChI is InChI=1S/C14H14ClN5O/c15-11-1-2-13(17-6-11)19-14(21)8-20-4-3-10-5-16-9-18-12(10)7-20/h1-2,5-6,9H,3-4,7-8H2,(H,17,19,21). The number of fused-ring (bicyclic) bond motifs is 1. The van der Waals surface area contributed by atoms with Gasteiger partial charge >= 0.3 is 0 Å². The van der Waals surface area contributed by atoms with Crippen LogP contribution in [0.3, 0.4) is 0 Å². The monoisotopic (exact) mass is 303 g/mol. The van der Waals surface area contributed by atoms with Crippen LogP contribution in [0.1, 0.15) is 11.3 Å². The minimum atomic E-state index is -0.0951. The maximum absolute atomic E-state index is 12.0. The lowest BCUT2D eigenvalue weighted by Crippen LogP contribution is -2.37. The first-order chi connectivity index (χ1) is 10.2. The zero-order valence-electron chi connectivity index (χ0n) is 11.3. The Morgan fingerprint density at radius 1 is 1.33 bits per heavy atom. The van der Waals surface area contributed by atoms with Gasteiger partial charge in [-0.25, -0.2) is 15.0 Å². The second-order valence-corrected chi connectivity index (χ2v) is 5.30. The van der Waals surface area contributed by atoms with Gasteiger partial charge in [0.1, 0.15) is 12.1 Å². The van der Waals surface area contributed by atoms with E-state index in [-0.39, 0.29) is 5.91 Å². The lowest BCUT2D eigenvalue weighted by Gasteiger charge is -2.26. The van der Waals surface area contributed by atoms with Crippen LogP contribution in [0, 0.1) is 0 Å². The number of hydrogen-bond donors (Lipinski definition) is 1. The Morgan fingerprint density at radius 3 is 3.05 bits per heavy atom. The highest BCUT2D eigenvalue weighted by Crippen LogP contribution is 2.15. The minimum absolute atomic E-state index is 0.0951. The van der Waals surface area contributed by atoms with E-state index >= 15 is 0 Å². The van der Waals surface area contributed by atoms with Crippen LogP contribution in [-0.2, 0) is 17.8 Å². The van der Waals surface area contributed by atoms with Crippen molar-refractivity contribution in [2.24, 2.45) is 0 Å². The Labute approximate surface area is 127 Å². The number of halogens is 1. The van der Waals surface area contributed by atoms with E-state index in [4.69, 9.17) is 11.6 Å². The quantitative estimate of drug-likeness (QED) is 0.931. The molecule has 21 heavy (non-hydrogen) atoms. The van der Waals surface area contributed by atoms with Crippen molar-refractivity contribution in [2.75, 3.05) is 18.4 Å². The number of carbonyl (C=O) groups excluding carboxylic acids is 1. The van der Waals surface area contributed by atoms with Gasteiger partial charge in [-0.1, -0.05) is 11.6 Å². The smallest absolute Gasteiger partial charge is 0.239 e. The van der Waals surface area contributed by atoms with Gasteiger partial charge in [0.15, 0.2) is 0 Å². The molecule has 6 nitrogen and oxygen atoms in total. The average molecular weight is 304 g/mol. The average Bonchev–Trinajstić information content (AvgIpc) is 2.49. The van der Waals surface area contributed by atoms with Crippen LogP contribution in [0.4, 0.5) is 5.82 Å². The number of amides is 1. The van der Waals surface area contributed by atoms with E-state index in [2.05, 4.69) is 25.2 Å². The molecule has 1 aliphatic rings. The summed E-state index contributed by atoms with van der Waals surface area (Å²) in [5.41, 5.74) is 2.15. The van der Waals surface area contributed by atoms with Crippen molar-refractivity contribution in [1.29, 1.82) is 0 Å². The first-order valence-electron chi connectivity index (χ1n) is 6.62. The Morgan fingerprint density at radius 2 is 2.24 bits per heavy atom. The number of nitrogens with one attached hydrogen (secondary N) is 1. The second kappa shape index (κ2) is 6.15. The molecule has 2 aromatic heterocycles. The van der Waals surface area contributed by atoms with Gasteiger partial charge in [0.2, 0.25) is 5.91 Å². The van der Waals surface area contributed by atoms with E-state index in [1.165, 1.54) is 6.20 Å². The van der Waals surface area contributed by atoms with E-state index in [0.717, 1.165) is 24.2 Å². The zero-order chi connectivity index (χ0) is 14.7. The van der Waals surface area contributed by atoms with Gasteiger partial charge in [0.25, 0.3) is 0 Å². The first kappa shape index (κ1) is 13.9. The summed E-state index contributed by atoms with van der Waals surface area (Å²) in [5.74, 6) is 0.409. The summed E-state index contributed by atoms with van der Waals surface area (Å²) in [6.45, 7) is 1.80. The van der Waals surface area contributed by atoms with Gasteiger partial charge in [-0.3, -0.25) is 9.69 Å².